The first-order valence-corrected chi connectivity index (χ1v) is 17.3. The molecular formula is C32H42N6O4S. The molecular weight excluding hydrogens is 564 g/mol. The summed E-state index contributed by atoms with van der Waals surface area (Å²) in [6.45, 7) is 5.31. The first kappa shape index (κ1) is 29.8. The van der Waals surface area contributed by atoms with E-state index >= 15 is 0 Å². The fourth-order valence-corrected chi connectivity index (χ4v) is 7.71. The molecule has 3 aromatic heterocycles. The Kier molecular flexibility index (Phi) is 8.08. The van der Waals surface area contributed by atoms with Crippen molar-refractivity contribution in [1.29, 1.82) is 0 Å². The number of aromatic nitrogens is 4. The van der Waals surface area contributed by atoms with E-state index in [2.05, 4.69) is 56.6 Å². The van der Waals surface area contributed by atoms with Gasteiger partial charge >= 0.3 is 0 Å². The Labute approximate surface area is 253 Å². The van der Waals surface area contributed by atoms with Crippen molar-refractivity contribution >= 4 is 43.7 Å². The maximum absolute atomic E-state index is 14.0. The smallest absolute Gasteiger partial charge is 0.235 e. The molecule has 0 radical (unpaired) electrons. The Hall–Kier alpha value is -3.28. The standard InChI is InChI=1S/C32H42N6O4S/c1-5-22-8-7-9-24-25-15-17-42-32(6-2,29(25)36-28(22)24)18-27(39)38-16-14-26-30(33-20-34-31(26)38)37(3)23-12-10-21(11-13-23)19-35-43(4,40)41/h7-9,14,16,20-21,23,35-36H,5-6,10-13,15,17-19H2,1-4H3. The van der Waals surface area contributed by atoms with E-state index in [1.165, 1.54) is 29.1 Å². The number of nitrogens with one attached hydrogen (secondary N) is 2. The molecule has 43 heavy (non-hydrogen) atoms. The third kappa shape index (κ3) is 5.58. The minimum Gasteiger partial charge on any atom is -0.368 e. The summed E-state index contributed by atoms with van der Waals surface area (Å²) in [6, 6.07) is 8.66. The summed E-state index contributed by atoms with van der Waals surface area (Å²) in [4.78, 5) is 29.1. The lowest BCUT2D eigenvalue weighted by Crippen LogP contribution is -2.38. The molecule has 1 unspecified atom stereocenters. The van der Waals surface area contributed by atoms with Gasteiger partial charge in [-0.2, -0.15) is 0 Å². The largest absolute Gasteiger partial charge is 0.368 e. The Morgan fingerprint density at radius 1 is 1.16 bits per heavy atom. The molecule has 1 fully saturated rings. The second kappa shape index (κ2) is 11.7. The van der Waals surface area contributed by atoms with Crippen molar-refractivity contribution in [3.63, 3.8) is 0 Å². The van der Waals surface area contributed by atoms with Gasteiger partial charge in [0, 0.05) is 36.7 Å². The van der Waals surface area contributed by atoms with Crippen LogP contribution in [0.2, 0.25) is 0 Å². The minimum atomic E-state index is -3.18. The molecule has 4 heterocycles. The van der Waals surface area contributed by atoms with Gasteiger partial charge < -0.3 is 14.6 Å². The fraction of sp³-hybridized carbons (Fsp3) is 0.531. The maximum Gasteiger partial charge on any atom is 0.235 e. The molecule has 0 saturated heterocycles. The molecule has 10 nitrogen and oxygen atoms in total. The van der Waals surface area contributed by atoms with Gasteiger partial charge in [-0.1, -0.05) is 32.0 Å². The van der Waals surface area contributed by atoms with Gasteiger partial charge in [-0.05, 0) is 68.1 Å². The van der Waals surface area contributed by atoms with Crippen LogP contribution in [0.4, 0.5) is 5.82 Å². The van der Waals surface area contributed by atoms with Gasteiger partial charge in [0.25, 0.3) is 0 Å². The molecule has 1 saturated carbocycles. The number of aryl methyl sites for hydroxylation is 1. The monoisotopic (exact) mass is 606 g/mol. The Balaban J connectivity index is 1.23. The number of hydrogen-bond donors (Lipinski definition) is 2. The van der Waals surface area contributed by atoms with Crippen molar-refractivity contribution in [2.75, 3.05) is 31.4 Å². The number of rotatable bonds is 9. The zero-order valence-corrected chi connectivity index (χ0v) is 26.3. The molecule has 11 heteroatoms. The lowest BCUT2D eigenvalue weighted by Gasteiger charge is -2.36. The average molecular weight is 607 g/mol. The van der Waals surface area contributed by atoms with E-state index in [1.54, 1.807) is 10.8 Å². The molecule has 0 bridgehead atoms. The summed E-state index contributed by atoms with van der Waals surface area (Å²) < 4.78 is 33.8. The number of fused-ring (bicyclic) bond motifs is 4. The van der Waals surface area contributed by atoms with E-state index < -0.39 is 15.6 Å². The molecule has 6 rings (SSSR count). The molecule has 4 aromatic rings. The molecule has 2 aliphatic rings. The van der Waals surface area contributed by atoms with E-state index in [0.717, 1.165) is 60.9 Å². The van der Waals surface area contributed by atoms with Gasteiger partial charge in [-0.3, -0.25) is 9.36 Å². The van der Waals surface area contributed by atoms with Crippen LogP contribution in [0.1, 0.15) is 74.0 Å². The van der Waals surface area contributed by atoms with Crippen LogP contribution >= 0.6 is 0 Å². The van der Waals surface area contributed by atoms with E-state index in [0.29, 0.717) is 31.1 Å². The van der Waals surface area contributed by atoms with Crippen LogP contribution in [0.5, 0.6) is 0 Å². The van der Waals surface area contributed by atoms with Crippen LogP contribution in [-0.2, 0) is 33.2 Å². The lowest BCUT2D eigenvalue weighted by atomic mass is 9.85. The molecule has 1 atom stereocenters. The minimum absolute atomic E-state index is 0.0646. The molecule has 0 amide bonds. The second-order valence-electron chi connectivity index (χ2n) is 12.2. The summed E-state index contributed by atoms with van der Waals surface area (Å²) in [6.07, 6.45) is 11.0. The van der Waals surface area contributed by atoms with Crippen molar-refractivity contribution in [2.24, 2.45) is 5.92 Å². The number of ether oxygens (including phenoxy) is 1. The van der Waals surface area contributed by atoms with E-state index in [9.17, 15) is 13.2 Å². The highest BCUT2D eigenvalue weighted by Gasteiger charge is 2.41. The average Bonchev–Trinajstić information content (AvgIpc) is 3.62. The summed E-state index contributed by atoms with van der Waals surface area (Å²) in [7, 11) is -1.14. The third-order valence-electron chi connectivity index (χ3n) is 9.66. The number of benzene rings is 1. The summed E-state index contributed by atoms with van der Waals surface area (Å²) in [5.41, 5.74) is 4.57. The summed E-state index contributed by atoms with van der Waals surface area (Å²) >= 11 is 0. The zero-order valence-electron chi connectivity index (χ0n) is 25.5. The molecule has 230 valence electrons. The number of para-hydroxylation sites is 1. The topological polar surface area (TPSA) is 122 Å². The number of sulfonamides is 1. The van der Waals surface area contributed by atoms with Crippen molar-refractivity contribution in [2.45, 2.75) is 76.9 Å². The molecule has 0 spiro atoms. The molecule has 1 aromatic carbocycles. The highest BCUT2D eigenvalue weighted by molar-refractivity contribution is 7.88. The number of aromatic amines is 1. The second-order valence-corrected chi connectivity index (χ2v) is 14.0. The van der Waals surface area contributed by atoms with Crippen LogP contribution in [0.25, 0.3) is 21.9 Å². The van der Waals surface area contributed by atoms with Gasteiger partial charge in [-0.15, -0.1) is 0 Å². The normalized spacial score (nSPS) is 22.6. The number of carbonyl (C=O) groups is 1. The van der Waals surface area contributed by atoms with Crippen LogP contribution < -0.4 is 9.62 Å². The van der Waals surface area contributed by atoms with Crippen molar-refractivity contribution in [3.05, 3.63) is 53.6 Å². The van der Waals surface area contributed by atoms with Crippen LogP contribution in [-0.4, -0.2) is 66.3 Å². The third-order valence-corrected chi connectivity index (χ3v) is 10.4. The van der Waals surface area contributed by atoms with Crippen LogP contribution in [0.3, 0.4) is 0 Å². The first-order chi connectivity index (χ1) is 20.6. The van der Waals surface area contributed by atoms with Gasteiger partial charge in [0.05, 0.1) is 30.4 Å². The van der Waals surface area contributed by atoms with Gasteiger partial charge in [0.2, 0.25) is 15.9 Å². The van der Waals surface area contributed by atoms with Crippen molar-refractivity contribution < 1.29 is 17.9 Å². The number of carbonyl (C=O) groups excluding carboxylic acids is 1. The highest BCUT2D eigenvalue weighted by atomic mass is 32.2. The van der Waals surface area contributed by atoms with Crippen molar-refractivity contribution in [1.82, 2.24) is 24.2 Å². The Morgan fingerprint density at radius 3 is 2.67 bits per heavy atom. The van der Waals surface area contributed by atoms with Gasteiger partial charge in [-0.25, -0.2) is 23.1 Å². The van der Waals surface area contributed by atoms with Crippen molar-refractivity contribution in [3.8, 4) is 0 Å². The van der Waals surface area contributed by atoms with E-state index in [4.69, 9.17) is 4.74 Å². The molecule has 1 aliphatic carbocycles. The number of hydrogen-bond acceptors (Lipinski definition) is 7. The number of nitrogens with zero attached hydrogens (tertiary/aromatic N) is 4. The van der Waals surface area contributed by atoms with E-state index in [-0.39, 0.29) is 18.4 Å². The van der Waals surface area contributed by atoms with Gasteiger partial charge in [0.15, 0.2) is 5.65 Å². The zero-order chi connectivity index (χ0) is 30.4. The Bertz CT molecular complexity index is 1750. The highest BCUT2D eigenvalue weighted by Crippen LogP contribution is 2.43. The SMILES string of the molecule is CCc1cccc2c3c([nH]c12)C(CC)(CC(=O)n1ccc2c(N(C)C4CCC(CNS(C)(=O)=O)CC4)ncnc21)OCC3. The molecule has 2 N–H and O–H groups in total. The quantitative estimate of drug-likeness (QED) is 0.277. The lowest BCUT2D eigenvalue weighted by molar-refractivity contribution is -0.0667. The number of anilines is 1. The Morgan fingerprint density at radius 2 is 1.95 bits per heavy atom. The number of H-pyrrole nitrogens is 1. The van der Waals surface area contributed by atoms with Crippen LogP contribution in [0, 0.1) is 5.92 Å². The van der Waals surface area contributed by atoms with Gasteiger partial charge in [0.1, 0.15) is 17.7 Å². The predicted molar refractivity (Wildman–Crippen MR) is 169 cm³/mol. The first-order valence-electron chi connectivity index (χ1n) is 15.4. The van der Waals surface area contributed by atoms with Crippen LogP contribution in [0.15, 0.2) is 36.8 Å². The predicted octanol–water partition coefficient (Wildman–Crippen LogP) is 4.93. The fourth-order valence-electron chi connectivity index (χ4n) is 7.17. The summed E-state index contributed by atoms with van der Waals surface area (Å²) in [5, 5.41) is 2.07. The summed E-state index contributed by atoms with van der Waals surface area (Å²) in [5.74, 6) is 1.08. The van der Waals surface area contributed by atoms with E-state index in [1.807, 2.05) is 13.1 Å². The maximum atomic E-state index is 14.0. The molecule has 1 aliphatic heterocycles.